The Morgan fingerprint density at radius 2 is 1.88 bits per heavy atom. The highest BCUT2D eigenvalue weighted by atomic mass is 16.2. The molecule has 0 aromatic carbocycles. The number of carbonyl (C=O) groups excluding carboxylic acids is 3. The lowest BCUT2D eigenvalue weighted by atomic mass is 9.81. The second kappa shape index (κ2) is 5.25. The van der Waals surface area contributed by atoms with Gasteiger partial charge in [-0.25, -0.2) is 0 Å². The molecule has 1 saturated carbocycles. The van der Waals surface area contributed by atoms with Crippen molar-refractivity contribution in [1.82, 2.24) is 4.90 Å². The van der Waals surface area contributed by atoms with Gasteiger partial charge in [0.2, 0.25) is 0 Å². The van der Waals surface area contributed by atoms with Gasteiger partial charge in [-0.15, -0.1) is 0 Å². The lowest BCUT2D eigenvalue weighted by molar-refractivity contribution is -0.137. The second-order valence-corrected chi connectivity index (χ2v) is 4.80. The molecule has 0 atom stereocenters. The zero-order valence-corrected chi connectivity index (χ0v) is 9.85. The Hall–Kier alpha value is -1.45. The van der Waals surface area contributed by atoms with Crippen LogP contribution in [0.2, 0.25) is 0 Å². The maximum Gasteiger partial charge on any atom is 0.253 e. The van der Waals surface area contributed by atoms with E-state index in [1.165, 1.54) is 36.3 Å². The van der Waals surface area contributed by atoms with Crippen LogP contribution in [-0.2, 0) is 14.4 Å². The van der Waals surface area contributed by atoms with E-state index >= 15 is 0 Å². The van der Waals surface area contributed by atoms with Crippen LogP contribution in [0.4, 0.5) is 0 Å². The Kier molecular flexibility index (Phi) is 3.71. The van der Waals surface area contributed by atoms with Gasteiger partial charge in [-0.3, -0.25) is 19.3 Å². The van der Waals surface area contributed by atoms with Crippen LogP contribution in [0.1, 0.15) is 38.5 Å². The zero-order valence-electron chi connectivity index (χ0n) is 9.85. The molecule has 0 spiro atoms. The normalized spacial score (nSPS) is 19.9. The molecule has 1 heterocycles. The van der Waals surface area contributed by atoms with Crippen LogP contribution >= 0.6 is 0 Å². The molecule has 0 saturated heterocycles. The number of hydrogen-bond donors (Lipinski definition) is 0. The number of ketones is 1. The van der Waals surface area contributed by atoms with Gasteiger partial charge in [0, 0.05) is 31.5 Å². The molecule has 4 nitrogen and oxygen atoms in total. The summed E-state index contributed by atoms with van der Waals surface area (Å²) >= 11 is 0. The fraction of sp³-hybridized carbons (Fsp3) is 0.615. The molecule has 2 aliphatic rings. The molecule has 2 amide bonds. The van der Waals surface area contributed by atoms with Crippen LogP contribution in [0.3, 0.4) is 0 Å². The highest BCUT2D eigenvalue weighted by Gasteiger charge is 2.23. The first-order valence-corrected chi connectivity index (χ1v) is 6.22. The Morgan fingerprint density at radius 1 is 1.24 bits per heavy atom. The van der Waals surface area contributed by atoms with E-state index in [9.17, 15) is 14.4 Å². The lowest BCUT2D eigenvalue weighted by Crippen LogP contribution is -2.31. The lowest BCUT2D eigenvalue weighted by Gasteiger charge is -2.24. The van der Waals surface area contributed by atoms with Gasteiger partial charge in [0.15, 0.2) is 0 Å². The van der Waals surface area contributed by atoms with Crippen molar-refractivity contribution in [2.75, 3.05) is 6.54 Å². The summed E-state index contributed by atoms with van der Waals surface area (Å²) in [6.45, 7) is 0.362. The molecular formula is C13H17NO3. The first-order valence-electron chi connectivity index (χ1n) is 6.22. The van der Waals surface area contributed by atoms with Crippen LogP contribution in [0.25, 0.3) is 0 Å². The Bertz CT molecular complexity index is 351. The maximum atomic E-state index is 11.6. The Balaban J connectivity index is 1.63. The van der Waals surface area contributed by atoms with E-state index in [4.69, 9.17) is 0 Å². The number of Topliss-reactive ketones (excluding diaryl/α,β-unsaturated/α-hetero) is 1. The third-order valence-electron chi connectivity index (χ3n) is 3.48. The van der Waals surface area contributed by atoms with Crippen molar-refractivity contribution in [3.8, 4) is 0 Å². The average Bonchev–Trinajstić information content (AvgIpc) is 2.55. The van der Waals surface area contributed by atoms with E-state index in [1.54, 1.807) is 0 Å². The number of rotatable bonds is 6. The number of imide groups is 1. The quantitative estimate of drug-likeness (QED) is 0.655. The second-order valence-electron chi connectivity index (χ2n) is 4.80. The van der Waals surface area contributed by atoms with Gasteiger partial charge < -0.3 is 0 Å². The summed E-state index contributed by atoms with van der Waals surface area (Å²) in [5.41, 5.74) is 0. The summed E-state index contributed by atoms with van der Waals surface area (Å²) in [4.78, 5) is 35.2. The molecule has 1 aliphatic heterocycles. The largest absolute Gasteiger partial charge is 0.300 e. The molecule has 92 valence electrons. The maximum absolute atomic E-state index is 11.6. The topological polar surface area (TPSA) is 54.5 Å². The Labute approximate surface area is 101 Å². The molecule has 4 heteroatoms. The summed E-state index contributed by atoms with van der Waals surface area (Å²) in [6.07, 6.45) is 7.91. The Morgan fingerprint density at radius 3 is 2.41 bits per heavy atom. The van der Waals surface area contributed by atoms with E-state index in [0.717, 1.165) is 0 Å². The van der Waals surface area contributed by atoms with Crippen LogP contribution in [0.15, 0.2) is 12.2 Å². The number of nitrogens with zero attached hydrogens (tertiary/aromatic N) is 1. The molecule has 0 unspecified atom stereocenters. The molecule has 0 bridgehead atoms. The van der Waals surface area contributed by atoms with Crippen LogP contribution in [0, 0.1) is 5.92 Å². The fourth-order valence-electron chi connectivity index (χ4n) is 2.21. The first kappa shape index (κ1) is 12.0. The SMILES string of the molecule is O=C(CCCN1C(=O)C=CC1=O)CC1CCC1. The molecular weight excluding hydrogens is 218 g/mol. The van der Waals surface area contributed by atoms with Gasteiger partial charge in [-0.1, -0.05) is 19.3 Å². The predicted molar refractivity (Wildman–Crippen MR) is 62.1 cm³/mol. The van der Waals surface area contributed by atoms with Crippen molar-refractivity contribution in [2.24, 2.45) is 5.92 Å². The van der Waals surface area contributed by atoms with Crippen molar-refractivity contribution in [3.05, 3.63) is 12.2 Å². The summed E-state index contributed by atoms with van der Waals surface area (Å²) in [5, 5.41) is 0. The van der Waals surface area contributed by atoms with Gasteiger partial charge in [0.25, 0.3) is 11.8 Å². The van der Waals surface area contributed by atoms with Crippen molar-refractivity contribution in [3.63, 3.8) is 0 Å². The van der Waals surface area contributed by atoms with E-state index < -0.39 is 0 Å². The summed E-state index contributed by atoms with van der Waals surface area (Å²) in [7, 11) is 0. The van der Waals surface area contributed by atoms with Crippen LogP contribution in [0.5, 0.6) is 0 Å². The molecule has 0 aromatic heterocycles. The number of carbonyl (C=O) groups is 3. The van der Waals surface area contributed by atoms with Crippen LogP contribution < -0.4 is 0 Å². The van der Waals surface area contributed by atoms with Crippen molar-refractivity contribution >= 4 is 17.6 Å². The number of amides is 2. The molecule has 0 N–H and O–H groups in total. The van der Waals surface area contributed by atoms with Gasteiger partial charge >= 0.3 is 0 Å². The first-order chi connectivity index (χ1) is 8.16. The minimum atomic E-state index is -0.263. The van der Waals surface area contributed by atoms with Gasteiger partial charge in [-0.2, -0.15) is 0 Å². The minimum Gasteiger partial charge on any atom is -0.300 e. The molecule has 17 heavy (non-hydrogen) atoms. The third-order valence-corrected chi connectivity index (χ3v) is 3.48. The summed E-state index contributed by atoms with van der Waals surface area (Å²) in [5.74, 6) is 0.337. The van der Waals surface area contributed by atoms with Crippen molar-refractivity contribution in [2.45, 2.75) is 38.5 Å². The average molecular weight is 235 g/mol. The van der Waals surface area contributed by atoms with Crippen molar-refractivity contribution < 1.29 is 14.4 Å². The highest BCUT2D eigenvalue weighted by Crippen LogP contribution is 2.29. The summed E-state index contributed by atoms with van der Waals surface area (Å²) < 4.78 is 0. The molecule has 1 aliphatic carbocycles. The third kappa shape index (κ3) is 3.02. The fourth-order valence-corrected chi connectivity index (χ4v) is 2.21. The van der Waals surface area contributed by atoms with E-state index in [1.807, 2.05) is 0 Å². The molecule has 0 aromatic rings. The summed E-state index contributed by atoms with van der Waals surface area (Å²) in [6, 6.07) is 0. The standard InChI is InChI=1S/C13H17NO3/c15-11(9-10-3-1-4-10)5-2-8-14-12(16)6-7-13(14)17/h6-7,10H,1-5,8-9H2. The van der Waals surface area contributed by atoms with Crippen LogP contribution in [-0.4, -0.2) is 29.0 Å². The molecule has 2 rings (SSSR count). The number of hydrogen-bond acceptors (Lipinski definition) is 3. The zero-order chi connectivity index (χ0) is 12.3. The van der Waals surface area contributed by atoms with E-state index in [-0.39, 0.29) is 17.6 Å². The predicted octanol–water partition coefficient (Wildman–Crippen LogP) is 1.45. The van der Waals surface area contributed by atoms with E-state index in [2.05, 4.69) is 0 Å². The highest BCUT2D eigenvalue weighted by molar-refractivity contribution is 6.12. The smallest absolute Gasteiger partial charge is 0.253 e. The molecule has 0 radical (unpaired) electrons. The van der Waals surface area contributed by atoms with Crippen molar-refractivity contribution in [1.29, 1.82) is 0 Å². The van der Waals surface area contributed by atoms with Gasteiger partial charge in [0.05, 0.1) is 0 Å². The van der Waals surface area contributed by atoms with E-state index in [0.29, 0.717) is 31.7 Å². The van der Waals surface area contributed by atoms with Gasteiger partial charge in [0.1, 0.15) is 5.78 Å². The monoisotopic (exact) mass is 235 g/mol. The minimum absolute atomic E-state index is 0.263. The van der Waals surface area contributed by atoms with Gasteiger partial charge in [-0.05, 0) is 12.3 Å². The molecule has 1 fully saturated rings.